The zero-order valence-corrected chi connectivity index (χ0v) is 39.9. The normalized spacial score (nSPS) is 11.1. The molecule has 0 aliphatic rings. The molecule has 0 bridgehead atoms. The molecule has 0 aliphatic heterocycles. The number of nitrogens with zero attached hydrogens (tertiary/aromatic N) is 4. The van der Waals surface area contributed by atoms with Gasteiger partial charge in [-0.2, -0.15) is 0 Å². The second kappa shape index (κ2) is 29.7. The Labute approximate surface area is 396 Å². The first-order valence-corrected chi connectivity index (χ1v) is 25.2. The Morgan fingerprint density at radius 2 is 0.545 bits per heavy atom. The van der Waals surface area contributed by atoms with Crippen LogP contribution in [0.1, 0.15) is 141 Å². The third-order valence-electron chi connectivity index (χ3n) is 12.0. The molecule has 4 aromatic carbocycles. The van der Waals surface area contributed by atoms with Gasteiger partial charge in [0.15, 0.2) is 11.6 Å². The second-order valence-corrected chi connectivity index (χ2v) is 17.5. The fourth-order valence-corrected chi connectivity index (χ4v) is 7.89. The maximum atomic E-state index is 6.04. The van der Waals surface area contributed by atoms with Crippen molar-refractivity contribution in [3.05, 3.63) is 133 Å². The summed E-state index contributed by atoms with van der Waals surface area (Å²) in [5.41, 5.74) is 6.75. The predicted molar refractivity (Wildman–Crippen MR) is 271 cm³/mol. The van der Waals surface area contributed by atoms with Gasteiger partial charge in [-0.15, -0.1) is 0 Å². The van der Waals surface area contributed by atoms with Crippen molar-refractivity contribution in [2.24, 2.45) is 0 Å². The van der Waals surface area contributed by atoms with E-state index < -0.39 is 0 Å². The second-order valence-electron chi connectivity index (χ2n) is 17.5. The molecule has 0 spiro atoms. The van der Waals surface area contributed by atoms with E-state index in [0.29, 0.717) is 26.4 Å². The summed E-state index contributed by atoms with van der Waals surface area (Å²) >= 11 is 0. The Hall–Kier alpha value is -5.76. The molecule has 0 radical (unpaired) electrons. The van der Waals surface area contributed by atoms with Gasteiger partial charge in [0.2, 0.25) is 0 Å². The van der Waals surface area contributed by atoms with E-state index in [0.717, 1.165) is 108 Å². The van der Waals surface area contributed by atoms with Gasteiger partial charge in [0.25, 0.3) is 0 Å². The average Bonchev–Trinajstić information content (AvgIpc) is 3.37. The molecule has 0 atom stereocenters. The van der Waals surface area contributed by atoms with E-state index in [1.54, 1.807) is 0 Å². The van der Waals surface area contributed by atoms with Crippen LogP contribution >= 0.6 is 0 Å². The molecule has 350 valence electrons. The number of aromatic nitrogens is 4. The minimum atomic E-state index is 0.681. The van der Waals surface area contributed by atoms with Crippen LogP contribution in [-0.4, -0.2) is 46.4 Å². The van der Waals surface area contributed by atoms with E-state index in [2.05, 4.69) is 58.0 Å². The van der Waals surface area contributed by atoms with Crippen LogP contribution in [0, 0.1) is 0 Å². The SMILES string of the molecule is CCCCCCCCc1cnc(-c2ccc(OCCCCCOc3ccc(-c4ccc(OCCCCCOc5ccc(-c6ncc(CCCCCCCC)cn6)cc5)cc4)cc3)cc2)nc1. The van der Waals surface area contributed by atoms with Gasteiger partial charge in [0, 0.05) is 35.9 Å². The Morgan fingerprint density at radius 3 is 0.848 bits per heavy atom. The van der Waals surface area contributed by atoms with Gasteiger partial charge < -0.3 is 18.9 Å². The first-order valence-electron chi connectivity index (χ1n) is 25.2. The van der Waals surface area contributed by atoms with Crippen LogP contribution in [0.25, 0.3) is 33.9 Å². The van der Waals surface area contributed by atoms with E-state index >= 15 is 0 Å². The number of rotatable bonds is 33. The van der Waals surface area contributed by atoms with Gasteiger partial charge in [-0.1, -0.05) is 102 Å². The van der Waals surface area contributed by atoms with E-state index in [4.69, 9.17) is 18.9 Å². The fourth-order valence-electron chi connectivity index (χ4n) is 7.89. The maximum absolute atomic E-state index is 6.04. The summed E-state index contributed by atoms with van der Waals surface area (Å²) in [6.45, 7) is 7.25. The Bertz CT molecular complexity index is 2000. The van der Waals surface area contributed by atoms with Crippen LogP contribution in [0.4, 0.5) is 0 Å². The summed E-state index contributed by atoms with van der Waals surface area (Å²) in [7, 11) is 0. The van der Waals surface area contributed by atoms with Gasteiger partial charge in [-0.25, -0.2) is 19.9 Å². The molecule has 2 heterocycles. The van der Waals surface area contributed by atoms with Crippen LogP contribution < -0.4 is 18.9 Å². The Kier molecular flexibility index (Phi) is 22.4. The molecule has 66 heavy (non-hydrogen) atoms. The number of aryl methyl sites for hydroxylation is 2. The molecule has 0 aliphatic carbocycles. The van der Waals surface area contributed by atoms with Crippen LogP contribution in [0.2, 0.25) is 0 Å². The van der Waals surface area contributed by atoms with Crippen molar-refractivity contribution in [1.29, 1.82) is 0 Å². The third kappa shape index (κ3) is 18.3. The van der Waals surface area contributed by atoms with Gasteiger partial charge in [0.1, 0.15) is 23.0 Å². The van der Waals surface area contributed by atoms with Crippen LogP contribution in [-0.2, 0) is 12.8 Å². The molecule has 0 amide bonds. The zero-order chi connectivity index (χ0) is 45.7. The summed E-state index contributed by atoms with van der Waals surface area (Å²) in [6.07, 6.45) is 31.6. The first kappa shape index (κ1) is 49.7. The number of hydrogen-bond donors (Lipinski definition) is 0. The highest BCUT2D eigenvalue weighted by molar-refractivity contribution is 5.65. The van der Waals surface area contributed by atoms with Crippen molar-refractivity contribution >= 4 is 0 Å². The molecule has 0 unspecified atom stereocenters. The minimum Gasteiger partial charge on any atom is -0.494 e. The molecule has 0 fully saturated rings. The van der Waals surface area contributed by atoms with E-state index in [9.17, 15) is 0 Å². The summed E-state index contributed by atoms with van der Waals surface area (Å²) in [5.74, 6) is 5.04. The average molecular weight is 891 g/mol. The fraction of sp³-hybridized carbons (Fsp3) is 0.448. The largest absolute Gasteiger partial charge is 0.494 e. The molecule has 0 saturated heterocycles. The monoisotopic (exact) mass is 891 g/mol. The van der Waals surface area contributed by atoms with Crippen molar-refractivity contribution < 1.29 is 18.9 Å². The van der Waals surface area contributed by atoms with Crippen molar-refractivity contribution in [2.75, 3.05) is 26.4 Å². The quantitative estimate of drug-likeness (QED) is 0.0378. The minimum absolute atomic E-state index is 0.681. The highest BCUT2D eigenvalue weighted by Crippen LogP contribution is 2.26. The molecule has 6 aromatic rings. The van der Waals surface area contributed by atoms with Crippen LogP contribution in [0.5, 0.6) is 23.0 Å². The molecular weight excluding hydrogens is 817 g/mol. The van der Waals surface area contributed by atoms with Crippen molar-refractivity contribution in [3.8, 4) is 56.9 Å². The molecular formula is C58H74N4O4. The number of unbranched alkanes of at least 4 members (excludes halogenated alkanes) is 14. The molecule has 2 aromatic heterocycles. The highest BCUT2D eigenvalue weighted by atomic mass is 16.5. The first-order chi connectivity index (χ1) is 32.7. The van der Waals surface area contributed by atoms with E-state index in [1.165, 1.54) is 88.2 Å². The Morgan fingerprint density at radius 1 is 0.288 bits per heavy atom. The summed E-state index contributed by atoms with van der Waals surface area (Å²) in [6, 6.07) is 32.8. The van der Waals surface area contributed by atoms with E-state index in [1.807, 2.05) is 97.6 Å². The lowest BCUT2D eigenvalue weighted by molar-refractivity contribution is 0.279. The molecule has 0 N–H and O–H groups in total. The Balaban J connectivity index is 0.767. The van der Waals surface area contributed by atoms with Gasteiger partial charge in [0.05, 0.1) is 26.4 Å². The van der Waals surface area contributed by atoms with Gasteiger partial charge >= 0.3 is 0 Å². The standard InChI is InChI=1S/C58H74N4O4/c1-3-5-7-9-11-15-21-47-43-59-57(60-44-47)51-27-35-55(36-28-51)65-41-19-13-17-39-63-53-31-23-49(24-32-53)50-25-33-54(34-26-50)64-40-18-14-20-42-66-56-37-29-52(30-38-56)58-61-45-48(46-62-58)22-16-12-10-8-6-4-2/h23-38,43-46H,3-22,39-42H2,1-2H3. The molecule has 8 heteroatoms. The lowest BCUT2D eigenvalue weighted by atomic mass is 10.1. The molecule has 8 nitrogen and oxygen atoms in total. The highest BCUT2D eigenvalue weighted by Gasteiger charge is 2.07. The maximum Gasteiger partial charge on any atom is 0.159 e. The van der Waals surface area contributed by atoms with E-state index in [-0.39, 0.29) is 0 Å². The lowest BCUT2D eigenvalue weighted by Gasteiger charge is -2.10. The van der Waals surface area contributed by atoms with Crippen molar-refractivity contribution in [1.82, 2.24) is 19.9 Å². The summed E-state index contributed by atoms with van der Waals surface area (Å²) in [5, 5.41) is 0. The molecule has 6 rings (SSSR count). The third-order valence-corrected chi connectivity index (χ3v) is 12.0. The smallest absolute Gasteiger partial charge is 0.159 e. The zero-order valence-electron chi connectivity index (χ0n) is 39.9. The lowest BCUT2D eigenvalue weighted by Crippen LogP contribution is -2.01. The number of ether oxygens (including phenoxy) is 4. The summed E-state index contributed by atoms with van der Waals surface area (Å²) in [4.78, 5) is 18.5. The number of benzene rings is 4. The van der Waals surface area contributed by atoms with Crippen molar-refractivity contribution in [2.45, 2.75) is 142 Å². The molecule has 0 saturated carbocycles. The number of hydrogen-bond acceptors (Lipinski definition) is 8. The van der Waals surface area contributed by atoms with Gasteiger partial charge in [-0.05, 0) is 159 Å². The summed E-state index contributed by atoms with van der Waals surface area (Å²) < 4.78 is 24.1. The van der Waals surface area contributed by atoms with Crippen LogP contribution in [0.3, 0.4) is 0 Å². The topological polar surface area (TPSA) is 88.5 Å². The van der Waals surface area contributed by atoms with Crippen molar-refractivity contribution in [3.63, 3.8) is 0 Å². The van der Waals surface area contributed by atoms with Gasteiger partial charge in [-0.3, -0.25) is 0 Å². The van der Waals surface area contributed by atoms with Crippen LogP contribution in [0.15, 0.2) is 122 Å². The predicted octanol–water partition coefficient (Wildman–Crippen LogP) is 15.3.